The van der Waals surface area contributed by atoms with Crippen LogP contribution in [-0.2, 0) is 11.3 Å². The Labute approximate surface area is 77.5 Å². The molecule has 0 bridgehead atoms. The SMILES string of the molecule is O=C(CC(F)(F)F)NCc1ccn[nH]1. The van der Waals surface area contributed by atoms with E-state index in [4.69, 9.17) is 0 Å². The van der Waals surface area contributed by atoms with Crippen LogP contribution in [0.4, 0.5) is 13.2 Å². The average Bonchev–Trinajstić information content (AvgIpc) is 2.49. The summed E-state index contributed by atoms with van der Waals surface area (Å²) in [4.78, 5) is 10.7. The number of H-pyrrole nitrogens is 1. The molecule has 1 aromatic rings. The molecule has 1 heterocycles. The first-order valence-corrected chi connectivity index (χ1v) is 3.79. The van der Waals surface area contributed by atoms with Crippen molar-refractivity contribution in [2.45, 2.75) is 19.1 Å². The quantitative estimate of drug-likeness (QED) is 0.776. The zero-order valence-electron chi connectivity index (χ0n) is 7.06. The number of carbonyl (C=O) groups is 1. The highest BCUT2D eigenvalue weighted by atomic mass is 19.4. The third-order valence-electron chi connectivity index (χ3n) is 1.40. The van der Waals surface area contributed by atoms with Gasteiger partial charge in [0.05, 0.1) is 12.2 Å². The van der Waals surface area contributed by atoms with Gasteiger partial charge >= 0.3 is 6.18 Å². The Morgan fingerprint density at radius 1 is 1.57 bits per heavy atom. The monoisotopic (exact) mass is 207 g/mol. The summed E-state index contributed by atoms with van der Waals surface area (Å²) in [6.07, 6.45) is -4.47. The molecule has 0 aromatic carbocycles. The fraction of sp³-hybridized carbons (Fsp3) is 0.429. The van der Waals surface area contributed by atoms with Crippen LogP contribution in [0.3, 0.4) is 0 Å². The van der Waals surface area contributed by atoms with E-state index in [-0.39, 0.29) is 6.54 Å². The van der Waals surface area contributed by atoms with E-state index in [9.17, 15) is 18.0 Å². The van der Waals surface area contributed by atoms with Gasteiger partial charge in [-0.15, -0.1) is 0 Å². The highest BCUT2D eigenvalue weighted by molar-refractivity contribution is 5.76. The summed E-state index contributed by atoms with van der Waals surface area (Å²) >= 11 is 0. The maximum absolute atomic E-state index is 11.7. The maximum atomic E-state index is 11.7. The Hall–Kier alpha value is -1.53. The minimum absolute atomic E-state index is 0.0227. The Bertz CT molecular complexity index is 294. The molecule has 1 rings (SSSR count). The number of alkyl halides is 3. The first kappa shape index (κ1) is 10.6. The number of aromatic amines is 1. The van der Waals surface area contributed by atoms with Crippen LogP contribution < -0.4 is 5.32 Å². The molecule has 7 heteroatoms. The zero-order chi connectivity index (χ0) is 10.6. The van der Waals surface area contributed by atoms with Gasteiger partial charge in [0.25, 0.3) is 0 Å². The number of hydrogen-bond acceptors (Lipinski definition) is 2. The lowest BCUT2D eigenvalue weighted by Gasteiger charge is -2.06. The molecule has 1 amide bonds. The van der Waals surface area contributed by atoms with Gasteiger partial charge in [0.15, 0.2) is 0 Å². The third kappa shape index (κ3) is 3.92. The van der Waals surface area contributed by atoms with E-state index in [2.05, 4.69) is 15.5 Å². The molecule has 0 saturated carbocycles. The second-order valence-electron chi connectivity index (χ2n) is 2.65. The molecular weight excluding hydrogens is 199 g/mol. The van der Waals surface area contributed by atoms with Crippen LogP contribution in [0.5, 0.6) is 0 Å². The van der Waals surface area contributed by atoms with Gasteiger partial charge in [-0.2, -0.15) is 18.3 Å². The van der Waals surface area contributed by atoms with Gasteiger partial charge in [-0.05, 0) is 6.07 Å². The molecule has 4 nitrogen and oxygen atoms in total. The Kier molecular flexibility index (Phi) is 3.10. The lowest BCUT2D eigenvalue weighted by Crippen LogP contribution is -2.28. The van der Waals surface area contributed by atoms with Gasteiger partial charge in [-0.3, -0.25) is 9.89 Å². The van der Waals surface area contributed by atoms with Crippen molar-refractivity contribution in [2.24, 2.45) is 0 Å². The summed E-state index contributed by atoms with van der Waals surface area (Å²) < 4.78 is 35.1. The summed E-state index contributed by atoms with van der Waals surface area (Å²) in [5.74, 6) is -1.05. The summed E-state index contributed by atoms with van der Waals surface area (Å²) in [6, 6.07) is 1.56. The molecule has 1 aromatic heterocycles. The predicted octanol–water partition coefficient (Wildman–Crippen LogP) is 0.978. The van der Waals surface area contributed by atoms with E-state index < -0.39 is 18.5 Å². The van der Waals surface area contributed by atoms with E-state index in [1.165, 1.54) is 6.20 Å². The fourth-order valence-electron chi connectivity index (χ4n) is 0.822. The van der Waals surface area contributed by atoms with Crippen LogP contribution in [0, 0.1) is 0 Å². The van der Waals surface area contributed by atoms with E-state index in [0.717, 1.165) is 0 Å². The van der Waals surface area contributed by atoms with Crippen molar-refractivity contribution in [2.75, 3.05) is 0 Å². The van der Waals surface area contributed by atoms with Crippen molar-refractivity contribution < 1.29 is 18.0 Å². The highest BCUT2D eigenvalue weighted by Crippen LogP contribution is 2.18. The third-order valence-corrected chi connectivity index (χ3v) is 1.40. The van der Waals surface area contributed by atoms with E-state index in [1.54, 1.807) is 6.07 Å². The number of amides is 1. The van der Waals surface area contributed by atoms with Crippen molar-refractivity contribution in [1.29, 1.82) is 0 Å². The van der Waals surface area contributed by atoms with Gasteiger partial charge in [0.1, 0.15) is 6.42 Å². The Balaban J connectivity index is 2.29. The Morgan fingerprint density at radius 2 is 2.29 bits per heavy atom. The highest BCUT2D eigenvalue weighted by Gasteiger charge is 2.30. The smallest absolute Gasteiger partial charge is 0.350 e. The van der Waals surface area contributed by atoms with E-state index >= 15 is 0 Å². The van der Waals surface area contributed by atoms with Crippen LogP contribution in [0.25, 0.3) is 0 Å². The van der Waals surface area contributed by atoms with Crippen molar-refractivity contribution in [1.82, 2.24) is 15.5 Å². The van der Waals surface area contributed by atoms with Gasteiger partial charge in [-0.25, -0.2) is 0 Å². The second kappa shape index (κ2) is 4.12. The molecule has 0 spiro atoms. The molecule has 14 heavy (non-hydrogen) atoms. The molecule has 2 N–H and O–H groups in total. The van der Waals surface area contributed by atoms with Crippen molar-refractivity contribution in [3.05, 3.63) is 18.0 Å². The van der Waals surface area contributed by atoms with Crippen LogP contribution in [0.1, 0.15) is 12.1 Å². The molecule has 0 fully saturated rings. The van der Waals surface area contributed by atoms with Crippen LogP contribution in [0.2, 0.25) is 0 Å². The zero-order valence-corrected chi connectivity index (χ0v) is 7.06. The summed E-state index contributed by atoms with van der Waals surface area (Å²) in [7, 11) is 0. The number of nitrogens with one attached hydrogen (secondary N) is 2. The molecule has 0 radical (unpaired) electrons. The average molecular weight is 207 g/mol. The standard InChI is InChI=1S/C7H8F3N3O/c8-7(9,10)3-6(14)11-4-5-1-2-12-13-5/h1-2H,3-4H2,(H,11,14)(H,12,13). The van der Waals surface area contributed by atoms with Crippen molar-refractivity contribution >= 4 is 5.91 Å². The maximum Gasteiger partial charge on any atom is 0.397 e. The summed E-state index contributed by atoms with van der Waals surface area (Å²) in [6.45, 7) is 0.0227. The van der Waals surface area contributed by atoms with E-state index in [1.807, 2.05) is 0 Å². The van der Waals surface area contributed by atoms with Crippen LogP contribution in [0.15, 0.2) is 12.3 Å². The van der Waals surface area contributed by atoms with Crippen LogP contribution in [-0.4, -0.2) is 22.3 Å². The minimum atomic E-state index is -4.46. The van der Waals surface area contributed by atoms with Gasteiger partial charge < -0.3 is 5.32 Å². The molecule has 0 unspecified atom stereocenters. The topological polar surface area (TPSA) is 57.8 Å². The number of aromatic nitrogens is 2. The molecule has 0 aliphatic heterocycles. The van der Waals surface area contributed by atoms with Gasteiger partial charge in [0, 0.05) is 6.20 Å². The predicted molar refractivity (Wildman–Crippen MR) is 41.1 cm³/mol. The number of carbonyl (C=O) groups excluding carboxylic acids is 1. The molecule has 0 saturated heterocycles. The van der Waals surface area contributed by atoms with Gasteiger partial charge in [-0.1, -0.05) is 0 Å². The first-order chi connectivity index (χ1) is 6.47. The molecule has 0 atom stereocenters. The summed E-state index contributed by atoms with van der Waals surface area (Å²) in [5.41, 5.74) is 0.556. The fourth-order valence-corrected chi connectivity index (χ4v) is 0.822. The molecule has 0 aliphatic carbocycles. The van der Waals surface area contributed by atoms with Crippen LogP contribution >= 0.6 is 0 Å². The van der Waals surface area contributed by atoms with Crippen molar-refractivity contribution in [3.8, 4) is 0 Å². The second-order valence-corrected chi connectivity index (χ2v) is 2.65. The number of halogens is 3. The van der Waals surface area contributed by atoms with Gasteiger partial charge in [0.2, 0.25) is 5.91 Å². The van der Waals surface area contributed by atoms with Crippen molar-refractivity contribution in [3.63, 3.8) is 0 Å². The lowest BCUT2D eigenvalue weighted by molar-refractivity contribution is -0.153. The first-order valence-electron chi connectivity index (χ1n) is 3.79. The molecule has 0 aliphatic rings. The number of hydrogen-bond donors (Lipinski definition) is 2. The van der Waals surface area contributed by atoms with E-state index in [0.29, 0.717) is 5.69 Å². The molecular formula is C7H8F3N3O. The lowest BCUT2D eigenvalue weighted by atomic mass is 10.3. The minimum Gasteiger partial charge on any atom is -0.350 e. The Morgan fingerprint density at radius 3 is 2.79 bits per heavy atom. The number of nitrogens with zero attached hydrogens (tertiary/aromatic N) is 1. The normalized spacial score (nSPS) is 11.4. The number of rotatable bonds is 3. The molecule has 78 valence electrons. The largest absolute Gasteiger partial charge is 0.397 e. The summed E-state index contributed by atoms with van der Waals surface area (Å²) in [5, 5.41) is 8.20.